The van der Waals surface area contributed by atoms with E-state index in [4.69, 9.17) is 0 Å². The quantitative estimate of drug-likeness (QED) is 0.564. The monoisotopic (exact) mass is 363 g/mol. The normalized spacial score (nSPS) is 11.6. The molecule has 4 aromatic rings. The van der Waals surface area contributed by atoms with Crippen LogP contribution < -0.4 is 0 Å². The number of nitrogens with zero attached hydrogens (tertiary/aromatic N) is 6. The van der Waals surface area contributed by atoms with E-state index in [1.807, 2.05) is 0 Å². The highest BCUT2D eigenvalue weighted by Gasteiger charge is 2.18. The summed E-state index contributed by atoms with van der Waals surface area (Å²) in [5, 5.41) is 9.80. The average Bonchev–Trinajstić information content (AvgIpc) is 3.28. The molecule has 0 aliphatic carbocycles. The molecule has 0 fully saturated rings. The van der Waals surface area contributed by atoms with E-state index >= 15 is 0 Å². The Morgan fingerprint density at radius 1 is 1.15 bits per heavy atom. The van der Waals surface area contributed by atoms with Gasteiger partial charge in [0.25, 0.3) is 6.43 Å². The molecular weight excluding hydrogens is 354 g/mol. The lowest BCUT2D eigenvalue weighted by Gasteiger charge is -2.06. The summed E-state index contributed by atoms with van der Waals surface area (Å²) in [4.78, 5) is 12.0. The third-order valence-corrected chi connectivity index (χ3v) is 3.66. The molecule has 1 N–H and O–H groups in total. The van der Waals surface area contributed by atoms with Crippen molar-refractivity contribution < 1.29 is 17.6 Å². The predicted molar refractivity (Wildman–Crippen MR) is 80.3 cm³/mol. The Morgan fingerprint density at radius 3 is 2.77 bits per heavy atom. The maximum atomic E-state index is 14.0. The number of alkyl halides is 2. The number of fused-ring (bicyclic) bond motifs is 1. The lowest BCUT2D eigenvalue weighted by atomic mass is 10.1. The van der Waals surface area contributed by atoms with Gasteiger partial charge in [0.05, 0.1) is 11.9 Å². The Labute approximate surface area is 142 Å². The van der Waals surface area contributed by atoms with Crippen molar-refractivity contribution in [3.63, 3.8) is 0 Å². The molecule has 0 radical (unpaired) electrons. The largest absolute Gasteiger partial charge is 0.296 e. The highest BCUT2D eigenvalue weighted by atomic mass is 19.3. The fourth-order valence-corrected chi connectivity index (χ4v) is 2.47. The molecule has 0 spiro atoms. The topological polar surface area (TPSA) is 84.7 Å². The molecule has 0 atom stereocenters. The van der Waals surface area contributed by atoms with Crippen LogP contribution in [-0.2, 0) is 6.42 Å². The van der Waals surface area contributed by atoms with Crippen LogP contribution >= 0.6 is 0 Å². The SMILES string of the molecule is Fc1cccc(Cc2nc(-c3n[nH]c(C(F)F)n3)cn3ncnc23)c1F. The van der Waals surface area contributed by atoms with E-state index in [-0.39, 0.29) is 29.2 Å². The number of H-pyrrole nitrogens is 1. The van der Waals surface area contributed by atoms with Gasteiger partial charge in [-0.15, -0.1) is 0 Å². The molecule has 132 valence electrons. The molecule has 0 aliphatic heterocycles. The number of hydrogen-bond donors (Lipinski definition) is 1. The van der Waals surface area contributed by atoms with Crippen molar-refractivity contribution in [1.29, 1.82) is 0 Å². The van der Waals surface area contributed by atoms with Crippen LogP contribution in [0.5, 0.6) is 0 Å². The molecule has 4 rings (SSSR count). The zero-order chi connectivity index (χ0) is 18.3. The number of aromatic amines is 1. The Bertz CT molecular complexity index is 1090. The van der Waals surface area contributed by atoms with Crippen LogP contribution in [0, 0.1) is 11.6 Å². The first-order chi connectivity index (χ1) is 12.5. The fraction of sp³-hybridized carbons (Fsp3) is 0.133. The minimum Gasteiger partial charge on any atom is -0.258 e. The molecule has 3 heterocycles. The number of aromatic nitrogens is 7. The van der Waals surface area contributed by atoms with E-state index in [0.717, 1.165) is 6.07 Å². The molecule has 11 heteroatoms. The summed E-state index contributed by atoms with van der Waals surface area (Å²) in [5.41, 5.74) is 0.802. The van der Waals surface area contributed by atoms with E-state index < -0.39 is 23.9 Å². The van der Waals surface area contributed by atoms with E-state index in [1.54, 1.807) is 0 Å². The fourth-order valence-electron chi connectivity index (χ4n) is 2.47. The van der Waals surface area contributed by atoms with E-state index in [1.165, 1.54) is 29.2 Å². The summed E-state index contributed by atoms with van der Waals surface area (Å²) in [6.07, 6.45) is -0.223. The second-order valence-electron chi connectivity index (χ2n) is 5.34. The minimum absolute atomic E-state index is 0.0707. The van der Waals surface area contributed by atoms with Crippen molar-refractivity contribution in [2.75, 3.05) is 0 Å². The molecule has 0 bridgehead atoms. The van der Waals surface area contributed by atoms with Crippen molar-refractivity contribution in [2.24, 2.45) is 0 Å². The summed E-state index contributed by atoms with van der Waals surface area (Å²) < 4.78 is 54.1. The number of rotatable bonds is 4. The van der Waals surface area contributed by atoms with Crippen LogP contribution in [-0.4, -0.2) is 34.8 Å². The molecule has 26 heavy (non-hydrogen) atoms. The van der Waals surface area contributed by atoms with Crippen LogP contribution in [0.2, 0.25) is 0 Å². The van der Waals surface area contributed by atoms with E-state index in [2.05, 4.69) is 30.2 Å². The number of benzene rings is 1. The van der Waals surface area contributed by atoms with Crippen LogP contribution in [0.1, 0.15) is 23.5 Å². The second kappa shape index (κ2) is 6.17. The summed E-state index contributed by atoms with van der Waals surface area (Å²) in [6.45, 7) is 0. The predicted octanol–water partition coefficient (Wildman–Crippen LogP) is 2.72. The van der Waals surface area contributed by atoms with Gasteiger partial charge < -0.3 is 0 Å². The van der Waals surface area contributed by atoms with E-state index in [0.29, 0.717) is 5.65 Å². The van der Waals surface area contributed by atoms with Gasteiger partial charge in [-0.1, -0.05) is 12.1 Å². The van der Waals surface area contributed by atoms with Gasteiger partial charge in [0.2, 0.25) is 5.82 Å². The first-order valence-corrected chi connectivity index (χ1v) is 7.36. The van der Waals surface area contributed by atoms with Crippen LogP contribution in [0.4, 0.5) is 17.6 Å². The Balaban J connectivity index is 1.81. The van der Waals surface area contributed by atoms with Gasteiger partial charge in [0.15, 0.2) is 23.1 Å². The summed E-state index contributed by atoms with van der Waals surface area (Å²) in [7, 11) is 0. The molecule has 0 unspecified atom stereocenters. The lowest BCUT2D eigenvalue weighted by molar-refractivity contribution is 0.141. The van der Waals surface area contributed by atoms with Gasteiger partial charge in [-0.25, -0.2) is 37.0 Å². The third kappa shape index (κ3) is 2.76. The Hall–Kier alpha value is -3.37. The van der Waals surface area contributed by atoms with Crippen molar-refractivity contribution in [3.8, 4) is 11.5 Å². The maximum absolute atomic E-state index is 14.0. The Kier molecular flexibility index (Phi) is 3.82. The summed E-state index contributed by atoms with van der Waals surface area (Å²) in [5.74, 6) is -2.64. The molecular formula is C15H9F4N7. The van der Waals surface area contributed by atoms with Gasteiger partial charge in [-0.2, -0.15) is 10.2 Å². The van der Waals surface area contributed by atoms with Gasteiger partial charge in [-0.05, 0) is 11.6 Å². The zero-order valence-electron chi connectivity index (χ0n) is 12.9. The summed E-state index contributed by atoms with van der Waals surface area (Å²) in [6, 6.07) is 3.80. The minimum atomic E-state index is -2.81. The molecule has 0 saturated carbocycles. The maximum Gasteiger partial charge on any atom is 0.296 e. The highest BCUT2D eigenvalue weighted by Crippen LogP contribution is 2.22. The van der Waals surface area contributed by atoms with Crippen molar-refractivity contribution in [2.45, 2.75) is 12.8 Å². The first kappa shape index (κ1) is 16.1. The molecule has 0 aliphatic rings. The van der Waals surface area contributed by atoms with Crippen molar-refractivity contribution >= 4 is 5.65 Å². The Morgan fingerprint density at radius 2 is 2.00 bits per heavy atom. The zero-order valence-corrected chi connectivity index (χ0v) is 12.9. The van der Waals surface area contributed by atoms with Gasteiger partial charge >= 0.3 is 0 Å². The molecule has 7 nitrogen and oxygen atoms in total. The van der Waals surface area contributed by atoms with E-state index in [9.17, 15) is 17.6 Å². The second-order valence-corrected chi connectivity index (χ2v) is 5.34. The third-order valence-electron chi connectivity index (χ3n) is 3.66. The number of hydrogen-bond acceptors (Lipinski definition) is 5. The number of halogens is 4. The van der Waals surface area contributed by atoms with Gasteiger partial charge in [0, 0.05) is 6.42 Å². The van der Waals surface area contributed by atoms with Crippen molar-refractivity contribution in [1.82, 2.24) is 34.8 Å². The molecule has 1 aromatic carbocycles. The van der Waals surface area contributed by atoms with Crippen molar-refractivity contribution in [3.05, 3.63) is 59.4 Å². The van der Waals surface area contributed by atoms with Gasteiger partial charge in [0.1, 0.15) is 12.0 Å². The molecule has 0 amide bonds. The number of nitrogens with one attached hydrogen (secondary N) is 1. The van der Waals surface area contributed by atoms with Crippen LogP contribution in [0.15, 0.2) is 30.7 Å². The smallest absolute Gasteiger partial charge is 0.258 e. The standard InChI is InChI=1S/C15H9F4N7/c16-8-3-1-2-7(11(8)17)4-9-15-20-6-21-26(15)5-10(22-9)13-23-14(12(18)19)25-24-13/h1-3,5-6,12H,4H2,(H,23,24,25). The first-order valence-electron chi connectivity index (χ1n) is 7.36. The van der Waals surface area contributed by atoms with Crippen LogP contribution in [0.3, 0.4) is 0 Å². The average molecular weight is 363 g/mol. The molecule has 0 saturated heterocycles. The summed E-state index contributed by atoms with van der Waals surface area (Å²) >= 11 is 0. The lowest BCUT2D eigenvalue weighted by Crippen LogP contribution is -2.04. The molecule has 3 aromatic heterocycles. The van der Waals surface area contributed by atoms with Gasteiger partial charge in [-0.3, -0.25) is 5.10 Å². The highest BCUT2D eigenvalue weighted by molar-refractivity contribution is 5.54. The van der Waals surface area contributed by atoms with Crippen LogP contribution in [0.25, 0.3) is 17.2 Å².